The largest absolute Gasteiger partial charge is 0.352 e. The van der Waals surface area contributed by atoms with Crippen molar-refractivity contribution in [3.8, 4) is 0 Å². The highest BCUT2D eigenvalue weighted by atomic mass is 16.2. The van der Waals surface area contributed by atoms with E-state index in [4.69, 9.17) is 0 Å². The van der Waals surface area contributed by atoms with Gasteiger partial charge in [-0.1, -0.05) is 20.3 Å². The molecule has 0 aliphatic rings. The lowest BCUT2D eigenvalue weighted by atomic mass is 10.2. The molecule has 0 fully saturated rings. The number of hydrogen-bond donors (Lipinski definition) is 2. The van der Waals surface area contributed by atoms with Crippen molar-refractivity contribution < 1.29 is 9.59 Å². The van der Waals surface area contributed by atoms with Crippen LogP contribution in [0, 0.1) is 0 Å². The van der Waals surface area contributed by atoms with Crippen LogP contribution in [0.1, 0.15) is 60.9 Å². The van der Waals surface area contributed by atoms with Crippen LogP contribution in [-0.4, -0.2) is 29.4 Å². The predicted molar refractivity (Wildman–Crippen MR) is 78.7 cm³/mol. The van der Waals surface area contributed by atoms with Gasteiger partial charge >= 0.3 is 0 Å². The summed E-state index contributed by atoms with van der Waals surface area (Å²) in [6.07, 6.45) is 4.31. The van der Waals surface area contributed by atoms with Crippen molar-refractivity contribution in [2.24, 2.45) is 0 Å². The first-order chi connectivity index (χ1) is 9.58. The van der Waals surface area contributed by atoms with Crippen molar-refractivity contribution in [3.05, 3.63) is 29.6 Å². The van der Waals surface area contributed by atoms with Gasteiger partial charge in [-0.3, -0.25) is 14.6 Å². The van der Waals surface area contributed by atoms with E-state index in [-0.39, 0.29) is 23.6 Å². The lowest BCUT2D eigenvalue weighted by molar-refractivity contribution is 0.0934. The van der Waals surface area contributed by atoms with Crippen LogP contribution >= 0.6 is 0 Å². The highest BCUT2D eigenvalue weighted by Gasteiger charge is 2.12. The van der Waals surface area contributed by atoms with E-state index < -0.39 is 0 Å². The van der Waals surface area contributed by atoms with E-state index in [1.165, 1.54) is 12.3 Å². The summed E-state index contributed by atoms with van der Waals surface area (Å²) in [6, 6.07) is 3.23. The third-order valence-corrected chi connectivity index (χ3v) is 3.06. The number of nitrogens with zero attached hydrogens (tertiary/aromatic N) is 1. The number of rotatable bonds is 7. The Hall–Kier alpha value is -1.91. The number of unbranched alkanes of at least 4 members (excludes halogenated alkanes) is 1. The molecule has 1 rings (SSSR count). The number of amides is 2. The molecule has 5 heteroatoms. The summed E-state index contributed by atoms with van der Waals surface area (Å²) in [7, 11) is 0. The zero-order chi connectivity index (χ0) is 15.0. The Bertz CT molecular complexity index is 460. The average molecular weight is 277 g/mol. The smallest absolute Gasteiger partial charge is 0.270 e. The third-order valence-electron chi connectivity index (χ3n) is 3.06. The summed E-state index contributed by atoms with van der Waals surface area (Å²) in [5, 5.41) is 5.65. The second-order valence-electron chi connectivity index (χ2n) is 4.82. The van der Waals surface area contributed by atoms with Crippen LogP contribution in [0.5, 0.6) is 0 Å². The highest BCUT2D eigenvalue weighted by Crippen LogP contribution is 2.03. The van der Waals surface area contributed by atoms with Gasteiger partial charge in [-0.15, -0.1) is 0 Å². The van der Waals surface area contributed by atoms with Gasteiger partial charge in [0.1, 0.15) is 5.69 Å². The molecule has 0 aromatic carbocycles. The van der Waals surface area contributed by atoms with E-state index in [1.54, 1.807) is 6.07 Å². The summed E-state index contributed by atoms with van der Waals surface area (Å²) >= 11 is 0. The fourth-order valence-corrected chi connectivity index (χ4v) is 1.58. The van der Waals surface area contributed by atoms with Gasteiger partial charge in [0.05, 0.1) is 0 Å². The van der Waals surface area contributed by atoms with Gasteiger partial charge in [-0.2, -0.15) is 0 Å². The van der Waals surface area contributed by atoms with Gasteiger partial charge in [-0.25, -0.2) is 0 Å². The van der Waals surface area contributed by atoms with Crippen LogP contribution < -0.4 is 10.6 Å². The van der Waals surface area contributed by atoms with Gasteiger partial charge < -0.3 is 10.6 Å². The lowest BCUT2D eigenvalue weighted by Gasteiger charge is -2.11. The lowest BCUT2D eigenvalue weighted by Crippen LogP contribution is -2.33. The first kappa shape index (κ1) is 16.1. The molecule has 0 aliphatic heterocycles. The molecule has 0 spiro atoms. The molecule has 1 aromatic heterocycles. The van der Waals surface area contributed by atoms with Crippen molar-refractivity contribution in [1.82, 2.24) is 15.6 Å². The molecule has 0 radical (unpaired) electrons. The molecule has 5 nitrogen and oxygen atoms in total. The zero-order valence-electron chi connectivity index (χ0n) is 12.4. The minimum absolute atomic E-state index is 0.0892. The van der Waals surface area contributed by atoms with Crippen molar-refractivity contribution in [1.29, 1.82) is 0 Å². The highest BCUT2D eigenvalue weighted by molar-refractivity contribution is 5.98. The molecule has 0 saturated heterocycles. The van der Waals surface area contributed by atoms with Crippen LogP contribution in [0.2, 0.25) is 0 Å². The maximum Gasteiger partial charge on any atom is 0.270 e. The third kappa shape index (κ3) is 4.99. The molecular weight excluding hydrogens is 254 g/mol. The topological polar surface area (TPSA) is 71.1 Å². The Labute approximate surface area is 120 Å². The molecular formula is C15H23N3O2. The van der Waals surface area contributed by atoms with Gasteiger partial charge in [0, 0.05) is 24.3 Å². The van der Waals surface area contributed by atoms with E-state index in [2.05, 4.69) is 22.5 Å². The van der Waals surface area contributed by atoms with Gasteiger partial charge in [0.15, 0.2) is 0 Å². The van der Waals surface area contributed by atoms with Gasteiger partial charge in [0.2, 0.25) is 0 Å². The minimum Gasteiger partial charge on any atom is -0.352 e. The van der Waals surface area contributed by atoms with E-state index in [9.17, 15) is 9.59 Å². The van der Waals surface area contributed by atoms with E-state index in [1.807, 2.05) is 13.8 Å². The van der Waals surface area contributed by atoms with Gasteiger partial charge in [-0.05, 0) is 31.9 Å². The molecule has 0 saturated carbocycles. The second kappa shape index (κ2) is 8.30. The Morgan fingerprint density at radius 1 is 1.30 bits per heavy atom. The van der Waals surface area contributed by atoms with Crippen LogP contribution in [-0.2, 0) is 0 Å². The molecule has 0 aliphatic carbocycles. The monoisotopic (exact) mass is 277 g/mol. The summed E-state index contributed by atoms with van der Waals surface area (Å²) in [5.41, 5.74) is 0.735. The first-order valence-corrected chi connectivity index (χ1v) is 7.13. The SMILES string of the molecule is CCCCNC(=O)c1ccnc(C(=O)NC(C)CC)c1. The van der Waals surface area contributed by atoms with Crippen LogP contribution in [0.3, 0.4) is 0 Å². The van der Waals surface area contributed by atoms with E-state index in [0.717, 1.165) is 19.3 Å². The minimum atomic E-state index is -0.248. The van der Waals surface area contributed by atoms with Crippen molar-refractivity contribution in [2.75, 3.05) is 6.54 Å². The van der Waals surface area contributed by atoms with Crippen molar-refractivity contribution >= 4 is 11.8 Å². The predicted octanol–water partition coefficient (Wildman–Crippen LogP) is 2.14. The Kier molecular flexibility index (Phi) is 6.70. The number of carbonyl (C=O) groups is 2. The second-order valence-corrected chi connectivity index (χ2v) is 4.82. The number of hydrogen-bond acceptors (Lipinski definition) is 3. The molecule has 1 heterocycles. The maximum absolute atomic E-state index is 11.9. The summed E-state index contributed by atoms with van der Waals surface area (Å²) in [5.74, 6) is -0.416. The van der Waals surface area contributed by atoms with Crippen LogP contribution in [0.4, 0.5) is 0 Å². The quantitative estimate of drug-likeness (QED) is 0.750. The summed E-state index contributed by atoms with van der Waals surface area (Å²) < 4.78 is 0. The normalized spacial score (nSPS) is 11.8. The molecule has 20 heavy (non-hydrogen) atoms. The van der Waals surface area contributed by atoms with E-state index in [0.29, 0.717) is 12.1 Å². The van der Waals surface area contributed by atoms with Crippen molar-refractivity contribution in [2.45, 2.75) is 46.1 Å². The number of aromatic nitrogens is 1. The summed E-state index contributed by atoms with van der Waals surface area (Å²) in [4.78, 5) is 27.9. The molecule has 1 atom stereocenters. The number of carbonyl (C=O) groups excluding carboxylic acids is 2. The number of pyridine rings is 1. The van der Waals surface area contributed by atoms with E-state index >= 15 is 0 Å². The molecule has 2 amide bonds. The summed E-state index contributed by atoms with van der Waals surface area (Å²) in [6.45, 7) is 6.64. The molecule has 1 aromatic rings. The van der Waals surface area contributed by atoms with Crippen LogP contribution in [0.25, 0.3) is 0 Å². The van der Waals surface area contributed by atoms with Gasteiger partial charge in [0.25, 0.3) is 11.8 Å². The Morgan fingerprint density at radius 3 is 2.70 bits per heavy atom. The molecule has 0 bridgehead atoms. The fourth-order valence-electron chi connectivity index (χ4n) is 1.58. The Balaban J connectivity index is 2.70. The average Bonchev–Trinajstić information content (AvgIpc) is 2.47. The zero-order valence-corrected chi connectivity index (χ0v) is 12.4. The number of nitrogens with one attached hydrogen (secondary N) is 2. The van der Waals surface area contributed by atoms with Crippen LogP contribution in [0.15, 0.2) is 18.3 Å². The Morgan fingerprint density at radius 2 is 2.05 bits per heavy atom. The molecule has 110 valence electrons. The van der Waals surface area contributed by atoms with Crippen molar-refractivity contribution in [3.63, 3.8) is 0 Å². The molecule has 2 N–H and O–H groups in total. The fraction of sp³-hybridized carbons (Fsp3) is 0.533. The standard InChI is InChI=1S/C15H23N3O2/c1-4-6-8-17-14(19)12-7-9-16-13(10-12)15(20)18-11(3)5-2/h7,9-11H,4-6,8H2,1-3H3,(H,17,19)(H,18,20). The maximum atomic E-state index is 11.9. The molecule has 1 unspecified atom stereocenters. The first-order valence-electron chi connectivity index (χ1n) is 7.13.